The standard InChI is InChI=1S/C15H21N3O/c1-11-8-14(13(9-16)12(2)18-11)17-10-15(4-5-15)6-7-19-3/h8H,4-7,10H2,1-3H3,(H,17,18). The molecule has 0 radical (unpaired) electrons. The maximum atomic E-state index is 9.23. The molecule has 0 spiro atoms. The second-order valence-electron chi connectivity index (χ2n) is 5.48. The van der Waals surface area contributed by atoms with Crippen LogP contribution in [0.3, 0.4) is 0 Å². The molecule has 0 amide bonds. The third-order valence-electron chi connectivity index (χ3n) is 3.89. The van der Waals surface area contributed by atoms with Gasteiger partial charge in [-0.3, -0.25) is 4.98 Å². The molecule has 19 heavy (non-hydrogen) atoms. The minimum absolute atomic E-state index is 0.369. The van der Waals surface area contributed by atoms with Gasteiger partial charge in [0.2, 0.25) is 0 Å². The molecule has 1 aromatic rings. The fourth-order valence-electron chi connectivity index (χ4n) is 2.40. The molecule has 1 heterocycles. The van der Waals surface area contributed by atoms with E-state index >= 15 is 0 Å². The van der Waals surface area contributed by atoms with Gasteiger partial charge in [0, 0.05) is 26.0 Å². The van der Waals surface area contributed by atoms with Crippen molar-refractivity contribution in [3.8, 4) is 6.07 Å². The van der Waals surface area contributed by atoms with Crippen LogP contribution in [0.25, 0.3) is 0 Å². The van der Waals surface area contributed by atoms with E-state index in [0.717, 1.165) is 36.6 Å². The summed E-state index contributed by atoms with van der Waals surface area (Å²) in [5.74, 6) is 0. The second kappa shape index (κ2) is 5.58. The number of aryl methyl sites for hydroxylation is 2. The highest BCUT2D eigenvalue weighted by Crippen LogP contribution is 2.48. The van der Waals surface area contributed by atoms with Gasteiger partial charge in [0.15, 0.2) is 0 Å². The van der Waals surface area contributed by atoms with E-state index in [9.17, 15) is 5.26 Å². The van der Waals surface area contributed by atoms with E-state index in [-0.39, 0.29) is 0 Å². The molecule has 1 aromatic heterocycles. The molecule has 1 fully saturated rings. The van der Waals surface area contributed by atoms with Crippen molar-refractivity contribution in [2.75, 3.05) is 25.6 Å². The van der Waals surface area contributed by atoms with Crippen LogP contribution < -0.4 is 5.32 Å². The van der Waals surface area contributed by atoms with E-state index < -0.39 is 0 Å². The summed E-state index contributed by atoms with van der Waals surface area (Å²) in [7, 11) is 1.74. The summed E-state index contributed by atoms with van der Waals surface area (Å²) in [5.41, 5.74) is 3.69. The largest absolute Gasteiger partial charge is 0.385 e. The van der Waals surface area contributed by atoms with Crippen molar-refractivity contribution in [3.05, 3.63) is 23.0 Å². The lowest BCUT2D eigenvalue weighted by Gasteiger charge is -2.17. The van der Waals surface area contributed by atoms with Gasteiger partial charge < -0.3 is 10.1 Å². The topological polar surface area (TPSA) is 57.9 Å². The summed E-state index contributed by atoms with van der Waals surface area (Å²) < 4.78 is 5.16. The lowest BCUT2D eigenvalue weighted by atomic mass is 10.0. The molecule has 0 aromatic carbocycles. The molecule has 0 atom stereocenters. The van der Waals surface area contributed by atoms with Gasteiger partial charge in [-0.25, -0.2) is 0 Å². The number of methoxy groups -OCH3 is 1. The molecule has 1 saturated carbocycles. The average molecular weight is 259 g/mol. The van der Waals surface area contributed by atoms with Crippen LogP contribution in [0.1, 0.15) is 36.2 Å². The van der Waals surface area contributed by atoms with E-state index in [1.165, 1.54) is 12.8 Å². The smallest absolute Gasteiger partial charge is 0.103 e. The van der Waals surface area contributed by atoms with E-state index in [4.69, 9.17) is 4.74 Å². The third kappa shape index (κ3) is 3.24. The monoisotopic (exact) mass is 259 g/mol. The quantitative estimate of drug-likeness (QED) is 0.853. The van der Waals surface area contributed by atoms with Crippen molar-refractivity contribution in [2.45, 2.75) is 33.1 Å². The molecule has 1 aliphatic rings. The van der Waals surface area contributed by atoms with Gasteiger partial charge in [-0.2, -0.15) is 5.26 Å². The summed E-state index contributed by atoms with van der Waals surface area (Å²) in [4.78, 5) is 4.33. The van der Waals surface area contributed by atoms with E-state index in [2.05, 4.69) is 16.4 Å². The number of hydrogen-bond acceptors (Lipinski definition) is 4. The normalized spacial score (nSPS) is 15.9. The number of rotatable bonds is 6. The number of hydrogen-bond donors (Lipinski definition) is 1. The molecule has 2 rings (SSSR count). The van der Waals surface area contributed by atoms with Crippen LogP contribution in [-0.2, 0) is 4.74 Å². The first kappa shape index (κ1) is 13.8. The molecule has 4 nitrogen and oxygen atoms in total. The molecule has 4 heteroatoms. The first-order valence-corrected chi connectivity index (χ1v) is 6.71. The number of anilines is 1. The Hall–Kier alpha value is -1.60. The van der Waals surface area contributed by atoms with Crippen LogP contribution in [0.4, 0.5) is 5.69 Å². The van der Waals surface area contributed by atoms with Crippen LogP contribution in [-0.4, -0.2) is 25.2 Å². The van der Waals surface area contributed by atoms with E-state index in [1.54, 1.807) is 7.11 Å². The zero-order valence-electron chi connectivity index (χ0n) is 11.9. The fraction of sp³-hybridized carbons (Fsp3) is 0.600. The highest BCUT2D eigenvalue weighted by atomic mass is 16.5. The molecule has 102 valence electrons. The van der Waals surface area contributed by atoms with Gasteiger partial charge in [0.05, 0.1) is 16.9 Å². The van der Waals surface area contributed by atoms with Gasteiger partial charge in [-0.15, -0.1) is 0 Å². The Labute approximate surface area is 114 Å². The molecule has 0 saturated heterocycles. The predicted octanol–water partition coefficient (Wildman–Crippen LogP) is 2.80. The first-order chi connectivity index (χ1) is 9.10. The lowest BCUT2D eigenvalue weighted by Crippen LogP contribution is -2.18. The highest BCUT2D eigenvalue weighted by molar-refractivity contribution is 5.60. The maximum absolute atomic E-state index is 9.23. The molecule has 1 aliphatic carbocycles. The Morgan fingerprint density at radius 2 is 2.21 bits per heavy atom. The SMILES string of the molecule is COCCC1(CNc2cc(C)nc(C)c2C#N)CC1. The Balaban J connectivity index is 2.06. The zero-order chi connectivity index (χ0) is 13.9. The van der Waals surface area contributed by atoms with Crippen molar-refractivity contribution < 1.29 is 4.74 Å². The minimum Gasteiger partial charge on any atom is -0.385 e. The summed E-state index contributed by atoms with van der Waals surface area (Å²) in [5, 5.41) is 12.7. The summed E-state index contributed by atoms with van der Waals surface area (Å²) in [6.07, 6.45) is 3.57. The Bertz CT molecular complexity index is 501. The molecular formula is C15H21N3O. The number of ether oxygens (including phenoxy) is 1. The Morgan fingerprint density at radius 1 is 1.47 bits per heavy atom. The van der Waals surface area contributed by atoms with E-state index in [1.807, 2.05) is 19.9 Å². The molecular weight excluding hydrogens is 238 g/mol. The maximum Gasteiger partial charge on any atom is 0.103 e. The molecule has 0 aliphatic heterocycles. The van der Waals surface area contributed by atoms with Gasteiger partial charge in [0.25, 0.3) is 0 Å². The zero-order valence-corrected chi connectivity index (χ0v) is 11.9. The Kier molecular flexibility index (Phi) is 4.06. The number of nitrogens with zero attached hydrogens (tertiary/aromatic N) is 2. The average Bonchev–Trinajstić information content (AvgIpc) is 3.14. The van der Waals surface area contributed by atoms with Crippen LogP contribution in [0.2, 0.25) is 0 Å². The van der Waals surface area contributed by atoms with Crippen molar-refractivity contribution in [2.24, 2.45) is 5.41 Å². The highest BCUT2D eigenvalue weighted by Gasteiger charge is 2.41. The number of nitrogens with one attached hydrogen (secondary N) is 1. The fourth-order valence-corrected chi connectivity index (χ4v) is 2.40. The number of aromatic nitrogens is 1. The van der Waals surface area contributed by atoms with Crippen molar-refractivity contribution in [3.63, 3.8) is 0 Å². The number of pyridine rings is 1. The van der Waals surface area contributed by atoms with Gasteiger partial charge in [-0.1, -0.05) is 0 Å². The summed E-state index contributed by atoms with van der Waals surface area (Å²) in [6.45, 7) is 5.56. The predicted molar refractivity (Wildman–Crippen MR) is 75.1 cm³/mol. The second-order valence-corrected chi connectivity index (χ2v) is 5.48. The van der Waals surface area contributed by atoms with Gasteiger partial charge in [-0.05, 0) is 44.6 Å². The van der Waals surface area contributed by atoms with Crippen molar-refractivity contribution in [1.29, 1.82) is 5.26 Å². The first-order valence-electron chi connectivity index (χ1n) is 6.71. The van der Waals surface area contributed by atoms with Gasteiger partial charge in [0.1, 0.15) is 6.07 Å². The van der Waals surface area contributed by atoms with Crippen molar-refractivity contribution >= 4 is 5.69 Å². The summed E-state index contributed by atoms with van der Waals surface area (Å²) in [6, 6.07) is 4.20. The van der Waals surface area contributed by atoms with Gasteiger partial charge >= 0.3 is 0 Å². The number of nitriles is 1. The Morgan fingerprint density at radius 3 is 2.79 bits per heavy atom. The van der Waals surface area contributed by atoms with Crippen LogP contribution in [0.15, 0.2) is 6.07 Å². The lowest BCUT2D eigenvalue weighted by molar-refractivity contribution is 0.175. The molecule has 1 N–H and O–H groups in total. The minimum atomic E-state index is 0.369. The van der Waals surface area contributed by atoms with Crippen LogP contribution in [0.5, 0.6) is 0 Å². The van der Waals surface area contributed by atoms with Crippen molar-refractivity contribution in [1.82, 2.24) is 4.98 Å². The molecule has 0 unspecified atom stereocenters. The third-order valence-corrected chi connectivity index (χ3v) is 3.89. The van der Waals surface area contributed by atoms with E-state index in [0.29, 0.717) is 11.0 Å². The molecule has 0 bridgehead atoms. The van der Waals surface area contributed by atoms with Crippen LogP contribution >= 0.6 is 0 Å². The van der Waals surface area contributed by atoms with Crippen LogP contribution in [0, 0.1) is 30.6 Å². The summed E-state index contributed by atoms with van der Waals surface area (Å²) >= 11 is 0.